The van der Waals surface area contributed by atoms with E-state index >= 15 is 0 Å². The number of hydrogen-bond donors (Lipinski definition) is 0. The van der Waals surface area contributed by atoms with Crippen LogP contribution in [0.3, 0.4) is 0 Å². The molecule has 0 fully saturated rings. The molecule has 0 radical (unpaired) electrons. The quantitative estimate of drug-likeness (QED) is 0.167. The predicted molar refractivity (Wildman–Crippen MR) is 242 cm³/mol. The van der Waals surface area contributed by atoms with Crippen molar-refractivity contribution in [2.75, 3.05) is 0 Å². The Morgan fingerprint density at radius 3 is 1.63 bits per heavy atom. The summed E-state index contributed by atoms with van der Waals surface area (Å²) in [6.07, 6.45) is 0. The molecule has 0 N–H and O–H groups in total. The summed E-state index contributed by atoms with van der Waals surface area (Å²) in [5, 5.41) is 7.75. The van der Waals surface area contributed by atoms with Crippen LogP contribution in [0.5, 0.6) is 0 Å². The zero-order valence-corrected chi connectivity index (χ0v) is 31.2. The van der Waals surface area contributed by atoms with Gasteiger partial charge in [0.25, 0.3) is 0 Å². The van der Waals surface area contributed by atoms with Crippen molar-refractivity contribution < 1.29 is 0 Å². The van der Waals surface area contributed by atoms with Gasteiger partial charge in [0.05, 0.1) is 11.0 Å². The van der Waals surface area contributed by atoms with E-state index in [1.54, 1.807) is 0 Å². The molecule has 0 atom stereocenters. The lowest BCUT2D eigenvalue weighted by molar-refractivity contribution is 1.18. The van der Waals surface area contributed by atoms with E-state index in [4.69, 9.17) is 0 Å². The largest absolute Gasteiger partial charge is 0.309 e. The van der Waals surface area contributed by atoms with Crippen molar-refractivity contribution in [3.63, 3.8) is 0 Å². The summed E-state index contributed by atoms with van der Waals surface area (Å²) in [5.41, 5.74) is 18.7. The normalized spacial score (nSPS) is 11.9. The summed E-state index contributed by atoms with van der Waals surface area (Å²) in [5.74, 6) is 0. The molecule has 1 aliphatic rings. The van der Waals surface area contributed by atoms with E-state index in [0.29, 0.717) is 0 Å². The summed E-state index contributed by atoms with van der Waals surface area (Å²) >= 11 is 0. The number of hydrogen-bond acceptors (Lipinski definition) is 0. The van der Waals surface area contributed by atoms with Crippen LogP contribution in [0, 0.1) is 0 Å². The Hall–Kier alpha value is -7.48. The van der Waals surface area contributed by atoms with Gasteiger partial charge >= 0.3 is 0 Å². The summed E-state index contributed by atoms with van der Waals surface area (Å²) in [6, 6.07) is 78.2. The zero-order valence-electron chi connectivity index (χ0n) is 31.2. The Bertz CT molecular complexity index is 3360. The van der Waals surface area contributed by atoms with E-state index in [1.807, 2.05) is 0 Å². The maximum absolute atomic E-state index is 2.45. The summed E-state index contributed by atoms with van der Waals surface area (Å²) in [4.78, 5) is 0. The van der Waals surface area contributed by atoms with Crippen LogP contribution < -0.4 is 0 Å². The molecule has 0 unspecified atom stereocenters. The van der Waals surface area contributed by atoms with Crippen molar-refractivity contribution in [3.8, 4) is 72.4 Å². The third kappa shape index (κ3) is 4.83. The van der Waals surface area contributed by atoms with Crippen LogP contribution in [0.15, 0.2) is 212 Å². The molecule has 12 rings (SSSR count). The van der Waals surface area contributed by atoms with Gasteiger partial charge in [0.15, 0.2) is 0 Å². The number of benzene rings is 10. The second-order valence-corrected chi connectivity index (χ2v) is 15.2. The van der Waals surface area contributed by atoms with Crippen molar-refractivity contribution >= 4 is 43.4 Å². The predicted octanol–water partition coefficient (Wildman–Crippen LogP) is 15.4. The zero-order chi connectivity index (χ0) is 37.5. The summed E-state index contributed by atoms with van der Waals surface area (Å²) < 4.78 is 2.43. The number of aromatic nitrogens is 1. The average molecular weight is 722 g/mol. The minimum Gasteiger partial charge on any atom is -0.309 e. The van der Waals surface area contributed by atoms with E-state index in [0.717, 1.165) is 5.69 Å². The van der Waals surface area contributed by atoms with Crippen LogP contribution in [0.25, 0.3) is 116 Å². The molecule has 10 aromatic carbocycles. The Kier molecular flexibility index (Phi) is 7.00. The standard InChI is InChI=1S/C56H35N/c1-3-14-37(15-4-1)49-35-48(53(41-17-5-2-6-18-41)56-47-26-13-20-40-19-12-25-46(52(40)47)55(49)56)39-30-28-36(29-31-39)42-21-11-22-43(34-42)57-50-27-10-9-24-45(50)54-44-23-8-7-16-38(44)32-33-51(54)57/h1-35H. The van der Waals surface area contributed by atoms with Gasteiger partial charge in [-0.05, 0) is 119 Å². The molecule has 1 heterocycles. The van der Waals surface area contributed by atoms with Gasteiger partial charge in [0.1, 0.15) is 0 Å². The molecule has 1 aliphatic carbocycles. The number of nitrogens with zero attached hydrogens (tertiary/aromatic N) is 1. The number of fused-ring (bicyclic) bond motifs is 8. The molecule has 1 nitrogen and oxygen atoms in total. The molecule has 0 saturated carbocycles. The van der Waals surface area contributed by atoms with Crippen LogP contribution in [-0.4, -0.2) is 4.57 Å². The Morgan fingerprint density at radius 2 is 0.842 bits per heavy atom. The Labute approximate surface area is 331 Å². The van der Waals surface area contributed by atoms with Gasteiger partial charge in [-0.3, -0.25) is 0 Å². The monoisotopic (exact) mass is 721 g/mol. The van der Waals surface area contributed by atoms with Crippen LogP contribution in [0.4, 0.5) is 0 Å². The van der Waals surface area contributed by atoms with Gasteiger partial charge < -0.3 is 4.57 Å². The first-order chi connectivity index (χ1) is 28.3. The third-order valence-corrected chi connectivity index (χ3v) is 12.1. The summed E-state index contributed by atoms with van der Waals surface area (Å²) in [7, 11) is 0. The first-order valence-electron chi connectivity index (χ1n) is 19.8. The molecule has 57 heavy (non-hydrogen) atoms. The maximum Gasteiger partial charge on any atom is 0.0547 e. The molecule has 264 valence electrons. The first kappa shape index (κ1) is 31.8. The van der Waals surface area contributed by atoms with Gasteiger partial charge in [0.2, 0.25) is 0 Å². The van der Waals surface area contributed by atoms with E-state index in [2.05, 4.69) is 217 Å². The van der Waals surface area contributed by atoms with E-state index < -0.39 is 0 Å². The third-order valence-electron chi connectivity index (χ3n) is 12.1. The molecule has 11 aromatic rings. The molecule has 0 spiro atoms. The fraction of sp³-hybridized carbons (Fsp3) is 0. The molecule has 0 saturated heterocycles. The van der Waals surface area contributed by atoms with E-state index in [1.165, 1.54) is 110 Å². The van der Waals surface area contributed by atoms with Crippen LogP contribution in [0.1, 0.15) is 0 Å². The fourth-order valence-electron chi connectivity index (χ4n) is 9.65. The lowest BCUT2D eigenvalue weighted by atomic mass is 9.82. The topological polar surface area (TPSA) is 4.93 Å². The Morgan fingerprint density at radius 1 is 0.263 bits per heavy atom. The maximum atomic E-state index is 2.45. The van der Waals surface area contributed by atoms with Crippen molar-refractivity contribution in [2.24, 2.45) is 0 Å². The highest BCUT2D eigenvalue weighted by Crippen LogP contribution is 2.57. The SMILES string of the molecule is c1ccc(-c2cc(-c3ccc(-c4cccc(-n5c6ccccc6c6c7ccccc7ccc65)c4)cc3)c(-c3ccccc3)c3c2-c2cccc4cccc-3c24)cc1. The molecule has 0 aliphatic heterocycles. The average Bonchev–Trinajstić information content (AvgIpc) is 3.81. The highest BCUT2D eigenvalue weighted by molar-refractivity contribution is 6.23. The van der Waals surface area contributed by atoms with Crippen LogP contribution in [0.2, 0.25) is 0 Å². The lowest BCUT2D eigenvalue weighted by Crippen LogP contribution is -1.95. The summed E-state index contributed by atoms with van der Waals surface area (Å²) in [6.45, 7) is 0. The number of para-hydroxylation sites is 1. The highest BCUT2D eigenvalue weighted by atomic mass is 15.0. The second kappa shape index (κ2) is 12.5. The van der Waals surface area contributed by atoms with Crippen molar-refractivity contribution in [3.05, 3.63) is 212 Å². The minimum absolute atomic E-state index is 1.16. The smallest absolute Gasteiger partial charge is 0.0547 e. The van der Waals surface area contributed by atoms with Crippen molar-refractivity contribution in [1.29, 1.82) is 0 Å². The Balaban J connectivity index is 1.04. The van der Waals surface area contributed by atoms with Gasteiger partial charge in [-0.2, -0.15) is 0 Å². The first-order valence-corrected chi connectivity index (χ1v) is 19.8. The molecular formula is C56H35N. The molecule has 1 heteroatoms. The molecule has 0 amide bonds. The second-order valence-electron chi connectivity index (χ2n) is 15.2. The van der Waals surface area contributed by atoms with E-state index in [9.17, 15) is 0 Å². The van der Waals surface area contributed by atoms with E-state index in [-0.39, 0.29) is 0 Å². The lowest BCUT2D eigenvalue weighted by Gasteiger charge is -2.21. The highest BCUT2D eigenvalue weighted by Gasteiger charge is 2.30. The van der Waals surface area contributed by atoms with Gasteiger partial charge in [0, 0.05) is 16.5 Å². The van der Waals surface area contributed by atoms with Gasteiger partial charge in [-0.1, -0.05) is 182 Å². The van der Waals surface area contributed by atoms with Crippen molar-refractivity contribution in [1.82, 2.24) is 4.57 Å². The molecule has 1 aromatic heterocycles. The van der Waals surface area contributed by atoms with Crippen LogP contribution in [-0.2, 0) is 0 Å². The molecule has 0 bridgehead atoms. The van der Waals surface area contributed by atoms with Gasteiger partial charge in [-0.25, -0.2) is 0 Å². The molecular weight excluding hydrogens is 687 g/mol. The minimum atomic E-state index is 1.16. The van der Waals surface area contributed by atoms with Gasteiger partial charge in [-0.15, -0.1) is 0 Å². The van der Waals surface area contributed by atoms with Crippen LogP contribution >= 0.6 is 0 Å². The van der Waals surface area contributed by atoms with Crippen molar-refractivity contribution in [2.45, 2.75) is 0 Å². The fourth-order valence-corrected chi connectivity index (χ4v) is 9.65. The number of rotatable bonds is 5.